The number of aryl methyl sites for hydroxylation is 2. The molecule has 0 radical (unpaired) electrons. The Kier molecular flexibility index (Phi) is 6.79. The van der Waals surface area contributed by atoms with E-state index < -0.39 is 10.0 Å². The summed E-state index contributed by atoms with van der Waals surface area (Å²) in [5, 5.41) is 0. The molecule has 1 aliphatic rings. The molecule has 1 atom stereocenters. The van der Waals surface area contributed by atoms with Gasteiger partial charge in [0.15, 0.2) is 0 Å². The fourth-order valence-corrected chi connectivity index (χ4v) is 5.14. The van der Waals surface area contributed by atoms with Crippen molar-refractivity contribution in [3.63, 3.8) is 0 Å². The molecule has 0 saturated carbocycles. The number of rotatable bonds is 5. The van der Waals surface area contributed by atoms with E-state index in [9.17, 15) is 8.42 Å². The second-order valence-corrected chi connectivity index (χ2v) is 8.49. The maximum absolute atomic E-state index is 13.0. The lowest BCUT2D eigenvalue weighted by atomic mass is 9.97. The van der Waals surface area contributed by atoms with Crippen molar-refractivity contribution in [3.8, 4) is 0 Å². The first-order chi connectivity index (χ1) is 11.6. The van der Waals surface area contributed by atoms with Gasteiger partial charge in [-0.15, -0.1) is 0 Å². The van der Waals surface area contributed by atoms with Crippen molar-refractivity contribution in [2.45, 2.75) is 57.4 Å². The van der Waals surface area contributed by atoms with E-state index in [1.165, 1.54) is 11.1 Å². The van der Waals surface area contributed by atoms with Crippen LogP contribution >= 0.6 is 0 Å². The van der Waals surface area contributed by atoms with Gasteiger partial charge in [0.2, 0.25) is 10.0 Å². The van der Waals surface area contributed by atoms with Crippen molar-refractivity contribution in [3.05, 3.63) is 65.7 Å². The summed E-state index contributed by atoms with van der Waals surface area (Å²) in [6, 6.07) is 17.5. The first-order valence-electron chi connectivity index (χ1n) is 8.70. The number of hydrogen-bond acceptors (Lipinski definition) is 2. The molecule has 25 heavy (non-hydrogen) atoms. The van der Waals surface area contributed by atoms with Crippen LogP contribution in [0.15, 0.2) is 59.5 Å². The van der Waals surface area contributed by atoms with Crippen LogP contribution in [0.4, 0.5) is 0 Å². The van der Waals surface area contributed by atoms with Crippen LogP contribution < -0.4 is 0 Å². The predicted molar refractivity (Wildman–Crippen MR) is 104 cm³/mol. The Labute approximate surface area is 152 Å². The Bertz CT molecular complexity index is 754. The molecule has 1 saturated heterocycles. The summed E-state index contributed by atoms with van der Waals surface area (Å²) in [7, 11) is -3.39. The highest BCUT2D eigenvalue weighted by Gasteiger charge is 2.32. The minimum atomic E-state index is -3.39. The molecule has 2 aromatic rings. The van der Waals surface area contributed by atoms with Crippen LogP contribution in [0.5, 0.6) is 0 Å². The first-order valence-corrected chi connectivity index (χ1v) is 10.1. The normalized spacial score (nSPS) is 18.5. The van der Waals surface area contributed by atoms with Crippen LogP contribution in [0.2, 0.25) is 0 Å². The Morgan fingerprint density at radius 3 is 2.36 bits per heavy atom. The van der Waals surface area contributed by atoms with Crippen LogP contribution in [-0.4, -0.2) is 25.3 Å². The fourth-order valence-electron chi connectivity index (χ4n) is 3.39. The zero-order valence-corrected chi connectivity index (χ0v) is 15.0. The van der Waals surface area contributed by atoms with Crippen molar-refractivity contribution in [1.29, 1.82) is 0 Å². The summed E-state index contributed by atoms with van der Waals surface area (Å²) in [6.07, 6.45) is 4.82. The van der Waals surface area contributed by atoms with Gasteiger partial charge in [0.25, 0.3) is 0 Å². The Morgan fingerprint density at radius 1 is 1.00 bits per heavy atom. The molecule has 3 nitrogen and oxygen atoms in total. The first kappa shape index (κ1) is 19.7. The molecule has 0 aliphatic carbocycles. The average Bonchev–Trinajstić information content (AvgIpc) is 2.62. The van der Waals surface area contributed by atoms with Crippen LogP contribution in [0, 0.1) is 6.92 Å². The van der Waals surface area contributed by atoms with Crippen LogP contribution in [0.1, 0.15) is 44.2 Å². The Morgan fingerprint density at radius 2 is 1.68 bits per heavy atom. The second kappa shape index (κ2) is 8.63. The van der Waals surface area contributed by atoms with Crippen molar-refractivity contribution in [2.75, 3.05) is 6.54 Å². The molecule has 0 aromatic heterocycles. The molecular formula is C21H29NO2S. The molecule has 1 aliphatic heterocycles. The summed E-state index contributed by atoms with van der Waals surface area (Å²) in [4.78, 5) is 0.409. The standard InChI is InChI=1S/C20H25NO2S.CH4/c1-17-10-12-18(13-11-17)14-15-19-7-5-6-16-21(19)24(22,23)20-8-3-2-4-9-20;/h2-4,8-13,19H,5-7,14-16H2,1H3;1H4. The third-order valence-electron chi connectivity index (χ3n) is 4.81. The topological polar surface area (TPSA) is 37.4 Å². The molecule has 0 N–H and O–H groups in total. The van der Waals surface area contributed by atoms with E-state index in [0.717, 1.165) is 32.1 Å². The number of nitrogens with zero attached hydrogens (tertiary/aromatic N) is 1. The maximum Gasteiger partial charge on any atom is 0.243 e. The van der Waals surface area contributed by atoms with E-state index in [0.29, 0.717) is 11.4 Å². The monoisotopic (exact) mass is 359 g/mol. The summed E-state index contributed by atoms with van der Waals surface area (Å²) in [6.45, 7) is 2.72. The average molecular weight is 360 g/mol. The molecule has 0 bridgehead atoms. The summed E-state index contributed by atoms with van der Waals surface area (Å²) in [5.41, 5.74) is 2.54. The molecule has 3 rings (SSSR count). The zero-order valence-electron chi connectivity index (χ0n) is 14.2. The van der Waals surface area contributed by atoms with Gasteiger partial charge in [-0.3, -0.25) is 0 Å². The minimum Gasteiger partial charge on any atom is -0.207 e. The second-order valence-electron chi connectivity index (χ2n) is 6.60. The molecule has 1 unspecified atom stereocenters. The van der Waals surface area contributed by atoms with E-state index in [-0.39, 0.29) is 13.5 Å². The maximum atomic E-state index is 13.0. The van der Waals surface area contributed by atoms with E-state index >= 15 is 0 Å². The number of piperidine rings is 1. The SMILES string of the molecule is C.Cc1ccc(CCC2CCCCN2S(=O)(=O)c2ccccc2)cc1. The van der Waals surface area contributed by atoms with Crippen LogP contribution in [-0.2, 0) is 16.4 Å². The van der Waals surface area contributed by atoms with E-state index in [1.54, 1.807) is 28.6 Å². The third-order valence-corrected chi connectivity index (χ3v) is 6.78. The van der Waals surface area contributed by atoms with Gasteiger partial charge in [0, 0.05) is 12.6 Å². The third kappa shape index (κ3) is 4.71. The van der Waals surface area contributed by atoms with Gasteiger partial charge in [-0.25, -0.2) is 8.42 Å². The van der Waals surface area contributed by atoms with Gasteiger partial charge in [0.05, 0.1) is 4.90 Å². The zero-order chi connectivity index (χ0) is 17.0. The highest BCUT2D eigenvalue weighted by Crippen LogP contribution is 2.28. The Hall–Kier alpha value is -1.65. The minimum absolute atomic E-state index is 0. The van der Waals surface area contributed by atoms with Crippen molar-refractivity contribution < 1.29 is 8.42 Å². The van der Waals surface area contributed by atoms with Gasteiger partial charge < -0.3 is 0 Å². The summed E-state index contributed by atoms with van der Waals surface area (Å²) >= 11 is 0. The molecular weight excluding hydrogens is 330 g/mol. The molecule has 136 valence electrons. The smallest absolute Gasteiger partial charge is 0.207 e. The molecule has 0 spiro atoms. The molecule has 1 heterocycles. The van der Waals surface area contributed by atoms with E-state index in [4.69, 9.17) is 0 Å². The molecule has 1 fully saturated rings. The largest absolute Gasteiger partial charge is 0.243 e. The van der Waals surface area contributed by atoms with E-state index in [2.05, 4.69) is 31.2 Å². The summed E-state index contributed by atoms with van der Waals surface area (Å²) in [5.74, 6) is 0. The Balaban J connectivity index is 0.00000225. The summed E-state index contributed by atoms with van der Waals surface area (Å²) < 4.78 is 27.7. The lowest BCUT2D eigenvalue weighted by Crippen LogP contribution is -2.43. The van der Waals surface area contributed by atoms with Gasteiger partial charge >= 0.3 is 0 Å². The van der Waals surface area contributed by atoms with Crippen molar-refractivity contribution in [2.24, 2.45) is 0 Å². The quantitative estimate of drug-likeness (QED) is 0.768. The highest BCUT2D eigenvalue weighted by molar-refractivity contribution is 7.89. The van der Waals surface area contributed by atoms with Crippen LogP contribution in [0.3, 0.4) is 0 Å². The number of benzene rings is 2. The van der Waals surface area contributed by atoms with Crippen LogP contribution in [0.25, 0.3) is 0 Å². The van der Waals surface area contributed by atoms with E-state index in [1.807, 2.05) is 6.07 Å². The predicted octanol–water partition coefficient (Wildman–Crippen LogP) is 4.81. The van der Waals surface area contributed by atoms with Gasteiger partial charge in [-0.1, -0.05) is 61.9 Å². The van der Waals surface area contributed by atoms with Crippen molar-refractivity contribution >= 4 is 10.0 Å². The van der Waals surface area contributed by atoms with Gasteiger partial charge in [0.1, 0.15) is 0 Å². The number of hydrogen-bond donors (Lipinski definition) is 0. The molecule has 0 amide bonds. The van der Waals surface area contributed by atoms with Gasteiger partial charge in [-0.05, 0) is 50.3 Å². The lowest BCUT2D eigenvalue weighted by molar-refractivity contribution is 0.241. The lowest BCUT2D eigenvalue weighted by Gasteiger charge is -2.34. The highest BCUT2D eigenvalue weighted by atomic mass is 32.2. The molecule has 2 aromatic carbocycles. The van der Waals surface area contributed by atoms with Gasteiger partial charge in [-0.2, -0.15) is 4.31 Å². The fraction of sp³-hybridized carbons (Fsp3) is 0.429. The number of sulfonamides is 1. The van der Waals surface area contributed by atoms with Crippen molar-refractivity contribution in [1.82, 2.24) is 4.31 Å². The molecule has 4 heteroatoms.